The van der Waals surface area contributed by atoms with Gasteiger partial charge in [0.25, 0.3) is 17.7 Å². The Hall–Kier alpha value is -4.58. The predicted octanol–water partition coefficient (Wildman–Crippen LogP) is 3.98. The summed E-state index contributed by atoms with van der Waals surface area (Å²) in [5, 5.41) is 15.2. The van der Waals surface area contributed by atoms with Crippen LogP contribution in [0.5, 0.6) is 5.75 Å². The number of nitrogens with one attached hydrogen (secondary N) is 2. The Balaban J connectivity index is 1.55. The summed E-state index contributed by atoms with van der Waals surface area (Å²) in [6, 6.07) is 16.2. The third kappa shape index (κ3) is 5.39. The molecule has 1 aliphatic rings. The van der Waals surface area contributed by atoms with Crippen molar-refractivity contribution in [2.75, 3.05) is 16.9 Å². The number of amides is 3. The molecule has 0 radical (unpaired) electrons. The molecule has 182 valence electrons. The lowest BCUT2D eigenvalue weighted by atomic mass is 10.1. The second-order valence-electron chi connectivity index (χ2n) is 7.43. The molecule has 0 saturated carbocycles. The molecule has 1 fully saturated rings. The molecular formula is C24H16BrFN4O6. The topological polar surface area (TPSA) is 131 Å². The first-order valence-electron chi connectivity index (χ1n) is 10.3. The fraction of sp³-hybridized carbons (Fsp3) is 0.0417. The summed E-state index contributed by atoms with van der Waals surface area (Å²) in [6.07, 6.45) is 1.22. The van der Waals surface area contributed by atoms with Crippen LogP contribution in [0.4, 0.5) is 21.5 Å². The second kappa shape index (κ2) is 10.4. The number of benzene rings is 3. The molecule has 36 heavy (non-hydrogen) atoms. The smallest absolute Gasteiger partial charge is 0.312 e. The number of hydrogen-bond acceptors (Lipinski definition) is 6. The molecule has 3 aromatic rings. The standard InChI is InChI=1S/C24H16BrFN4O6/c25-19-10-14(9-18-23(32)28-29(24(18)33)17-7-2-1-3-8-17)11-20(30(34)35)22(19)36-13-21(31)27-16-6-4-5-15(26)12-16/h1-12H,13H2,(H,27,31)(H,28,32)/b18-9-. The van der Waals surface area contributed by atoms with Crippen LogP contribution in [0, 0.1) is 15.9 Å². The Labute approximate surface area is 211 Å². The average molecular weight is 555 g/mol. The third-order valence-corrected chi connectivity index (χ3v) is 5.50. The van der Waals surface area contributed by atoms with E-state index < -0.39 is 40.8 Å². The molecule has 10 nitrogen and oxygen atoms in total. The zero-order chi connectivity index (χ0) is 25.8. The van der Waals surface area contributed by atoms with Crippen molar-refractivity contribution >= 4 is 56.8 Å². The Morgan fingerprint density at radius 1 is 1.14 bits per heavy atom. The van der Waals surface area contributed by atoms with Gasteiger partial charge in [0, 0.05) is 11.8 Å². The first-order chi connectivity index (χ1) is 17.2. The van der Waals surface area contributed by atoms with Crippen molar-refractivity contribution in [2.45, 2.75) is 0 Å². The van der Waals surface area contributed by atoms with E-state index in [1.807, 2.05) is 0 Å². The van der Waals surface area contributed by atoms with E-state index in [1.54, 1.807) is 30.3 Å². The number of anilines is 2. The summed E-state index contributed by atoms with van der Waals surface area (Å²) in [7, 11) is 0. The van der Waals surface area contributed by atoms with Crippen LogP contribution < -0.4 is 20.5 Å². The summed E-state index contributed by atoms with van der Waals surface area (Å²) in [6.45, 7) is -0.594. The lowest BCUT2D eigenvalue weighted by Gasteiger charge is -2.13. The summed E-state index contributed by atoms with van der Waals surface area (Å²) < 4.78 is 18.8. The minimum atomic E-state index is -0.723. The third-order valence-electron chi connectivity index (χ3n) is 4.92. The summed E-state index contributed by atoms with van der Waals surface area (Å²) in [5.74, 6) is -2.73. The molecule has 0 atom stereocenters. The first-order valence-corrected chi connectivity index (χ1v) is 11.1. The van der Waals surface area contributed by atoms with Gasteiger partial charge < -0.3 is 10.1 Å². The Kier molecular flexibility index (Phi) is 7.06. The SMILES string of the molecule is O=C(COc1c(Br)cc(/C=C2/C(=O)NN(c3ccccc3)C2=O)cc1[N+](=O)[O-])Nc1cccc(F)c1. The second-order valence-corrected chi connectivity index (χ2v) is 8.28. The molecule has 1 aliphatic heterocycles. The molecule has 1 saturated heterocycles. The van der Waals surface area contributed by atoms with Crippen LogP contribution in [-0.4, -0.2) is 29.3 Å². The van der Waals surface area contributed by atoms with Crippen LogP contribution in [0.25, 0.3) is 6.08 Å². The molecule has 3 amide bonds. The molecule has 4 rings (SSSR count). The number of nitro benzene ring substituents is 1. The van der Waals surface area contributed by atoms with Gasteiger partial charge >= 0.3 is 5.69 Å². The van der Waals surface area contributed by atoms with Gasteiger partial charge in [-0.3, -0.25) is 29.9 Å². The quantitative estimate of drug-likeness (QED) is 0.196. The van der Waals surface area contributed by atoms with Crippen LogP contribution in [0.1, 0.15) is 5.56 Å². The van der Waals surface area contributed by atoms with Crippen molar-refractivity contribution in [3.8, 4) is 5.75 Å². The Morgan fingerprint density at radius 2 is 1.89 bits per heavy atom. The molecule has 0 unspecified atom stereocenters. The van der Waals surface area contributed by atoms with Gasteiger partial charge in [0.1, 0.15) is 11.4 Å². The van der Waals surface area contributed by atoms with E-state index in [0.717, 1.165) is 17.1 Å². The molecule has 12 heteroatoms. The van der Waals surface area contributed by atoms with Crippen LogP contribution >= 0.6 is 15.9 Å². The van der Waals surface area contributed by atoms with Gasteiger partial charge in [-0.25, -0.2) is 9.40 Å². The van der Waals surface area contributed by atoms with E-state index >= 15 is 0 Å². The van der Waals surface area contributed by atoms with Crippen LogP contribution in [-0.2, 0) is 14.4 Å². The lowest BCUT2D eigenvalue weighted by molar-refractivity contribution is -0.385. The highest BCUT2D eigenvalue weighted by Gasteiger charge is 2.34. The number of para-hydroxylation sites is 1. The minimum absolute atomic E-state index is 0.118. The van der Waals surface area contributed by atoms with E-state index in [0.29, 0.717) is 5.69 Å². The fourth-order valence-corrected chi connectivity index (χ4v) is 3.93. The number of hydrazine groups is 1. The van der Waals surface area contributed by atoms with E-state index in [4.69, 9.17) is 4.74 Å². The van der Waals surface area contributed by atoms with Crippen LogP contribution in [0.3, 0.4) is 0 Å². The van der Waals surface area contributed by atoms with Crippen molar-refractivity contribution < 1.29 is 28.4 Å². The summed E-state index contributed by atoms with van der Waals surface area (Å²) >= 11 is 3.19. The Bertz CT molecular complexity index is 1410. The van der Waals surface area contributed by atoms with Gasteiger partial charge in [0.2, 0.25) is 5.75 Å². The molecular weight excluding hydrogens is 539 g/mol. The summed E-state index contributed by atoms with van der Waals surface area (Å²) in [5.41, 5.74) is 2.56. The van der Waals surface area contributed by atoms with E-state index in [9.17, 15) is 28.9 Å². The highest BCUT2D eigenvalue weighted by molar-refractivity contribution is 9.10. The highest BCUT2D eigenvalue weighted by atomic mass is 79.9. The molecule has 0 bridgehead atoms. The van der Waals surface area contributed by atoms with Crippen molar-refractivity contribution in [3.63, 3.8) is 0 Å². The van der Waals surface area contributed by atoms with Crippen molar-refractivity contribution in [1.82, 2.24) is 5.43 Å². The van der Waals surface area contributed by atoms with Gasteiger partial charge in [-0.15, -0.1) is 0 Å². The van der Waals surface area contributed by atoms with E-state index in [2.05, 4.69) is 26.7 Å². The monoisotopic (exact) mass is 554 g/mol. The highest BCUT2D eigenvalue weighted by Crippen LogP contribution is 2.37. The van der Waals surface area contributed by atoms with Crippen LogP contribution in [0.15, 0.2) is 76.8 Å². The normalized spacial score (nSPS) is 14.1. The van der Waals surface area contributed by atoms with Crippen molar-refractivity contribution in [1.29, 1.82) is 0 Å². The number of ether oxygens (including phenoxy) is 1. The van der Waals surface area contributed by atoms with Crippen molar-refractivity contribution in [3.05, 3.63) is 98.3 Å². The van der Waals surface area contributed by atoms with E-state index in [1.165, 1.54) is 30.3 Å². The molecule has 2 N–H and O–H groups in total. The van der Waals surface area contributed by atoms with Gasteiger partial charge in [-0.05, 0) is 64.0 Å². The van der Waals surface area contributed by atoms with Gasteiger partial charge in [-0.1, -0.05) is 24.3 Å². The number of rotatable bonds is 7. The number of halogens is 2. The van der Waals surface area contributed by atoms with Gasteiger partial charge in [-0.2, -0.15) is 0 Å². The van der Waals surface area contributed by atoms with E-state index in [-0.39, 0.29) is 27.0 Å². The molecule has 3 aromatic carbocycles. The molecule has 0 aliphatic carbocycles. The fourth-order valence-electron chi connectivity index (χ4n) is 3.35. The number of hydrogen-bond donors (Lipinski definition) is 2. The maximum absolute atomic E-state index is 13.3. The number of carbonyl (C=O) groups excluding carboxylic acids is 3. The average Bonchev–Trinajstić information content (AvgIpc) is 3.12. The van der Waals surface area contributed by atoms with Gasteiger partial charge in [0.15, 0.2) is 6.61 Å². The summed E-state index contributed by atoms with van der Waals surface area (Å²) in [4.78, 5) is 48.3. The molecule has 0 aromatic heterocycles. The zero-order valence-electron chi connectivity index (χ0n) is 18.2. The zero-order valence-corrected chi connectivity index (χ0v) is 19.8. The maximum atomic E-state index is 13.3. The maximum Gasteiger partial charge on any atom is 0.312 e. The number of nitro groups is 1. The van der Waals surface area contributed by atoms with Gasteiger partial charge in [0.05, 0.1) is 15.1 Å². The lowest BCUT2D eigenvalue weighted by Crippen LogP contribution is -2.35. The predicted molar refractivity (Wildman–Crippen MR) is 131 cm³/mol. The number of carbonyl (C=O) groups is 3. The largest absolute Gasteiger partial charge is 0.476 e. The number of nitrogens with zero attached hydrogens (tertiary/aromatic N) is 2. The molecule has 1 heterocycles. The molecule has 0 spiro atoms. The first kappa shape index (κ1) is 24.5. The van der Waals surface area contributed by atoms with Crippen molar-refractivity contribution in [2.24, 2.45) is 0 Å². The Morgan fingerprint density at radius 3 is 2.58 bits per heavy atom. The van der Waals surface area contributed by atoms with Crippen LogP contribution in [0.2, 0.25) is 0 Å². The minimum Gasteiger partial charge on any atom is -0.476 e.